The van der Waals surface area contributed by atoms with Gasteiger partial charge in [0, 0.05) is 5.56 Å². The zero-order chi connectivity index (χ0) is 13.0. The third-order valence-electron chi connectivity index (χ3n) is 2.54. The monoisotopic (exact) mass is 238 g/mol. The molecule has 3 N–H and O–H groups in total. The van der Waals surface area contributed by atoms with Gasteiger partial charge in [-0.2, -0.15) is 0 Å². The molecule has 6 nitrogen and oxygen atoms in total. The molecule has 17 heavy (non-hydrogen) atoms. The number of nitrogen functional groups attached to an aromatic ring is 1. The molecule has 1 unspecified atom stereocenters. The SMILES string of the molecule is COC(=O)C(Nc1ncnc(N)c1C)C(C)C. The second kappa shape index (κ2) is 5.47. The summed E-state index contributed by atoms with van der Waals surface area (Å²) in [7, 11) is 1.36. The van der Waals surface area contributed by atoms with E-state index in [0.29, 0.717) is 11.6 Å². The predicted molar refractivity (Wildman–Crippen MR) is 65.4 cm³/mol. The summed E-state index contributed by atoms with van der Waals surface area (Å²) in [4.78, 5) is 19.5. The van der Waals surface area contributed by atoms with Crippen LogP contribution in [0.4, 0.5) is 11.6 Å². The Labute approximate surface area is 101 Å². The first-order chi connectivity index (χ1) is 7.97. The van der Waals surface area contributed by atoms with Crippen molar-refractivity contribution in [3.8, 4) is 0 Å². The maximum absolute atomic E-state index is 11.6. The van der Waals surface area contributed by atoms with E-state index in [9.17, 15) is 4.79 Å². The minimum atomic E-state index is -0.451. The van der Waals surface area contributed by atoms with Crippen molar-refractivity contribution in [2.24, 2.45) is 5.92 Å². The number of methoxy groups -OCH3 is 1. The van der Waals surface area contributed by atoms with E-state index >= 15 is 0 Å². The molecule has 0 aliphatic heterocycles. The number of hydrogen-bond donors (Lipinski definition) is 2. The number of nitrogens with one attached hydrogen (secondary N) is 1. The third kappa shape index (κ3) is 3.05. The van der Waals surface area contributed by atoms with Gasteiger partial charge in [0.2, 0.25) is 0 Å². The van der Waals surface area contributed by atoms with Crippen LogP contribution in [0.5, 0.6) is 0 Å². The number of carbonyl (C=O) groups excluding carboxylic acids is 1. The molecule has 0 fully saturated rings. The summed E-state index contributed by atoms with van der Waals surface area (Å²) in [5.41, 5.74) is 6.40. The molecule has 0 amide bonds. The highest BCUT2D eigenvalue weighted by Crippen LogP contribution is 2.18. The summed E-state index contributed by atoms with van der Waals surface area (Å²) in [6, 6.07) is -0.451. The lowest BCUT2D eigenvalue weighted by atomic mass is 10.0. The van der Waals surface area contributed by atoms with E-state index in [-0.39, 0.29) is 11.9 Å². The van der Waals surface area contributed by atoms with Crippen LogP contribution in [-0.2, 0) is 9.53 Å². The van der Waals surface area contributed by atoms with E-state index in [0.717, 1.165) is 5.56 Å². The first kappa shape index (κ1) is 13.2. The maximum Gasteiger partial charge on any atom is 0.328 e. The summed E-state index contributed by atoms with van der Waals surface area (Å²) in [5.74, 6) is 0.714. The molecular formula is C11H18N4O2. The zero-order valence-corrected chi connectivity index (χ0v) is 10.5. The number of anilines is 2. The molecule has 0 saturated carbocycles. The van der Waals surface area contributed by atoms with E-state index in [1.54, 1.807) is 6.92 Å². The molecule has 0 saturated heterocycles. The number of ether oxygens (including phenoxy) is 1. The van der Waals surface area contributed by atoms with E-state index in [1.807, 2.05) is 13.8 Å². The van der Waals surface area contributed by atoms with Gasteiger partial charge in [0.15, 0.2) is 0 Å². The van der Waals surface area contributed by atoms with E-state index in [2.05, 4.69) is 15.3 Å². The molecule has 1 rings (SSSR count). The van der Waals surface area contributed by atoms with Crippen molar-refractivity contribution in [1.82, 2.24) is 9.97 Å². The van der Waals surface area contributed by atoms with Gasteiger partial charge in [-0.3, -0.25) is 0 Å². The quantitative estimate of drug-likeness (QED) is 0.760. The standard InChI is InChI=1S/C11H18N4O2/c1-6(2)8(11(16)17-4)15-10-7(3)9(12)13-5-14-10/h5-6,8H,1-4H3,(H3,12,13,14,15). The van der Waals surface area contributed by atoms with Crippen molar-refractivity contribution in [3.63, 3.8) is 0 Å². The number of nitrogens with two attached hydrogens (primary N) is 1. The van der Waals surface area contributed by atoms with Crippen LogP contribution in [0.15, 0.2) is 6.33 Å². The van der Waals surface area contributed by atoms with Crippen molar-refractivity contribution in [2.45, 2.75) is 26.8 Å². The first-order valence-electron chi connectivity index (χ1n) is 5.38. The van der Waals surface area contributed by atoms with Gasteiger partial charge >= 0.3 is 5.97 Å². The fourth-order valence-corrected chi connectivity index (χ4v) is 1.38. The minimum absolute atomic E-state index is 0.0815. The van der Waals surface area contributed by atoms with Gasteiger partial charge in [0.25, 0.3) is 0 Å². The van der Waals surface area contributed by atoms with Gasteiger partial charge in [-0.1, -0.05) is 13.8 Å². The maximum atomic E-state index is 11.6. The zero-order valence-electron chi connectivity index (χ0n) is 10.5. The normalized spacial score (nSPS) is 12.3. The van der Waals surface area contributed by atoms with Crippen LogP contribution in [0, 0.1) is 12.8 Å². The Morgan fingerprint density at radius 3 is 2.65 bits per heavy atom. The fraction of sp³-hybridized carbons (Fsp3) is 0.545. The molecule has 0 bridgehead atoms. The topological polar surface area (TPSA) is 90.1 Å². The largest absolute Gasteiger partial charge is 0.467 e. The molecule has 0 radical (unpaired) electrons. The van der Waals surface area contributed by atoms with Gasteiger partial charge in [0.05, 0.1) is 7.11 Å². The van der Waals surface area contributed by atoms with Crippen molar-refractivity contribution < 1.29 is 9.53 Å². The van der Waals surface area contributed by atoms with E-state index in [1.165, 1.54) is 13.4 Å². The van der Waals surface area contributed by atoms with Crippen molar-refractivity contribution in [3.05, 3.63) is 11.9 Å². The molecule has 1 aromatic rings. The lowest BCUT2D eigenvalue weighted by Crippen LogP contribution is -2.36. The highest BCUT2D eigenvalue weighted by Gasteiger charge is 2.24. The summed E-state index contributed by atoms with van der Waals surface area (Å²) >= 11 is 0. The van der Waals surface area contributed by atoms with Crippen molar-refractivity contribution in [2.75, 3.05) is 18.2 Å². The first-order valence-corrected chi connectivity index (χ1v) is 5.38. The minimum Gasteiger partial charge on any atom is -0.467 e. The average Bonchev–Trinajstić information content (AvgIpc) is 2.29. The fourth-order valence-electron chi connectivity index (χ4n) is 1.38. The summed E-state index contributed by atoms with van der Waals surface area (Å²) in [5, 5.41) is 3.03. The number of esters is 1. The molecule has 0 aromatic carbocycles. The van der Waals surface area contributed by atoms with Crippen LogP contribution < -0.4 is 11.1 Å². The Morgan fingerprint density at radius 2 is 2.12 bits per heavy atom. The van der Waals surface area contributed by atoms with Crippen LogP contribution in [0.1, 0.15) is 19.4 Å². The molecule has 94 valence electrons. The lowest BCUT2D eigenvalue weighted by Gasteiger charge is -2.21. The Hall–Kier alpha value is -1.85. The molecule has 0 aliphatic rings. The molecule has 0 spiro atoms. The van der Waals surface area contributed by atoms with Gasteiger partial charge in [-0.15, -0.1) is 0 Å². The highest BCUT2D eigenvalue weighted by molar-refractivity contribution is 5.79. The Bertz CT molecular complexity index is 406. The summed E-state index contributed by atoms with van der Waals surface area (Å²) in [6.07, 6.45) is 1.36. The second-order valence-electron chi connectivity index (χ2n) is 4.12. The van der Waals surface area contributed by atoms with Gasteiger partial charge < -0.3 is 15.8 Å². The van der Waals surface area contributed by atoms with Crippen LogP contribution in [-0.4, -0.2) is 29.1 Å². The van der Waals surface area contributed by atoms with Crippen LogP contribution >= 0.6 is 0 Å². The Kier molecular flexibility index (Phi) is 4.25. The smallest absolute Gasteiger partial charge is 0.328 e. The molecule has 0 aliphatic carbocycles. The summed E-state index contributed by atoms with van der Waals surface area (Å²) < 4.78 is 4.74. The highest BCUT2D eigenvalue weighted by atomic mass is 16.5. The van der Waals surface area contributed by atoms with Gasteiger partial charge in [-0.05, 0) is 12.8 Å². The van der Waals surface area contributed by atoms with Gasteiger partial charge in [-0.25, -0.2) is 14.8 Å². The van der Waals surface area contributed by atoms with E-state index < -0.39 is 6.04 Å². The third-order valence-corrected chi connectivity index (χ3v) is 2.54. The number of hydrogen-bond acceptors (Lipinski definition) is 6. The van der Waals surface area contributed by atoms with Crippen molar-refractivity contribution in [1.29, 1.82) is 0 Å². The Morgan fingerprint density at radius 1 is 1.47 bits per heavy atom. The molecule has 1 aromatic heterocycles. The van der Waals surface area contributed by atoms with Crippen LogP contribution in [0.25, 0.3) is 0 Å². The molecule has 6 heteroatoms. The average molecular weight is 238 g/mol. The number of rotatable bonds is 4. The summed E-state index contributed by atoms with van der Waals surface area (Å²) in [6.45, 7) is 5.65. The predicted octanol–water partition coefficient (Wildman–Crippen LogP) is 0.977. The lowest BCUT2D eigenvalue weighted by molar-refractivity contribution is -0.142. The second-order valence-corrected chi connectivity index (χ2v) is 4.12. The number of nitrogens with zero attached hydrogens (tertiary/aromatic N) is 2. The van der Waals surface area contributed by atoms with E-state index in [4.69, 9.17) is 10.5 Å². The molecular weight excluding hydrogens is 220 g/mol. The number of aromatic nitrogens is 2. The van der Waals surface area contributed by atoms with Crippen molar-refractivity contribution >= 4 is 17.6 Å². The van der Waals surface area contributed by atoms with Crippen LogP contribution in [0.2, 0.25) is 0 Å². The molecule has 1 heterocycles. The number of carbonyl (C=O) groups is 1. The molecule has 1 atom stereocenters. The Balaban J connectivity index is 2.94. The van der Waals surface area contributed by atoms with Crippen LogP contribution in [0.3, 0.4) is 0 Å². The van der Waals surface area contributed by atoms with Gasteiger partial charge in [0.1, 0.15) is 24.0 Å².